The monoisotopic (exact) mass is 506 g/mol. The van der Waals surface area contributed by atoms with Gasteiger partial charge in [-0.2, -0.15) is 0 Å². The summed E-state index contributed by atoms with van der Waals surface area (Å²) < 4.78 is 34.9. The Hall–Kier alpha value is -4.60. The second-order valence-corrected chi connectivity index (χ2v) is 8.49. The molecule has 3 aromatic rings. The second-order valence-electron chi connectivity index (χ2n) is 8.49. The number of rotatable bonds is 8. The molecule has 1 N–H and O–H groups in total. The minimum absolute atomic E-state index is 0.155. The summed E-state index contributed by atoms with van der Waals surface area (Å²) in [5, 5.41) is 2.83. The molecule has 0 saturated carbocycles. The quantitative estimate of drug-likeness (QED) is 0.468. The molecule has 0 radical (unpaired) electrons. The molecule has 2 heterocycles. The number of hydrogen-bond acceptors (Lipinski definition) is 7. The Morgan fingerprint density at radius 2 is 1.84 bits per heavy atom. The van der Waals surface area contributed by atoms with E-state index in [9.17, 15) is 18.8 Å². The van der Waals surface area contributed by atoms with Gasteiger partial charge in [-0.15, -0.1) is 0 Å². The summed E-state index contributed by atoms with van der Waals surface area (Å²) in [6.45, 7) is 1.41. The van der Waals surface area contributed by atoms with Gasteiger partial charge in [-0.05, 0) is 55.0 Å². The Morgan fingerprint density at radius 1 is 1.03 bits per heavy atom. The van der Waals surface area contributed by atoms with Gasteiger partial charge in [0.2, 0.25) is 12.7 Å². The summed E-state index contributed by atoms with van der Waals surface area (Å²) in [6.07, 6.45) is 0. The zero-order valence-corrected chi connectivity index (χ0v) is 19.9. The van der Waals surface area contributed by atoms with E-state index >= 15 is 0 Å². The molecule has 0 fully saturated rings. The van der Waals surface area contributed by atoms with Crippen LogP contribution in [0.3, 0.4) is 0 Å². The number of ether oxygens (including phenoxy) is 4. The molecule has 0 bridgehead atoms. The number of fused-ring (bicyclic) bond motifs is 2. The van der Waals surface area contributed by atoms with Crippen LogP contribution in [0.4, 0.5) is 10.1 Å². The molecule has 0 aliphatic carbocycles. The van der Waals surface area contributed by atoms with Gasteiger partial charge >= 0.3 is 0 Å². The first-order chi connectivity index (χ1) is 17.9. The van der Waals surface area contributed by atoms with Gasteiger partial charge in [-0.3, -0.25) is 19.3 Å². The van der Waals surface area contributed by atoms with Gasteiger partial charge in [0.15, 0.2) is 30.5 Å². The molecular formula is C27H23FN2O7. The highest BCUT2D eigenvalue weighted by Crippen LogP contribution is 2.35. The molecule has 0 saturated heterocycles. The zero-order valence-electron chi connectivity index (χ0n) is 19.9. The highest BCUT2D eigenvalue weighted by molar-refractivity contribution is 6.05. The van der Waals surface area contributed by atoms with Crippen LogP contribution in [0, 0.1) is 5.82 Å². The fourth-order valence-electron chi connectivity index (χ4n) is 4.06. The third-order valence-corrected chi connectivity index (χ3v) is 6.00. The lowest BCUT2D eigenvalue weighted by Gasteiger charge is -2.33. The van der Waals surface area contributed by atoms with E-state index in [1.54, 1.807) is 37.3 Å². The van der Waals surface area contributed by atoms with Crippen molar-refractivity contribution in [3.63, 3.8) is 0 Å². The van der Waals surface area contributed by atoms with E-state index in [4.69, 9.17) is 18.9 Å². The first kappa shape index (κ1) is 24.1. The number of benzene rings is 3. The minimum Gasteiger partial charge on any atom is -0.485 e. The van der Waals surface area contributed by atoms with Crippen molar-refractivity contribution in [2.45, 2.75) is 19.5 Å². The fourth-order valence-corrected chi connectivity index (χ4v) is 4.06. The number of Topliss-reactive ketones (excluding diaryl/α,β-unsaturated/α-hetero) is 1. The predicted molar refractivity (Wildman–Crippen MR) is 130 cm³/mol. The Morgan fingerprint density at radius 3 is 2.68 bits per heavy atom. The van der Waals surface area contributed by atoms with E-state index in [1.165, 1.54) is 29.2 Å². The predicted octanol–water partition coefficient (Wildman–Crippen LogP) is 3.25. The molecule has 2 aliphatic heterocycles. The topological polar surface area (TPSA) is 103 Å². The summed E-state index contributed by atoms with van der Waals surface area (Å²) in [4.78, 5) is 39.8. The van der Waals surface area contributed by atoms with Crippen molar-refractivity contribution in [3.05, 3.63) is 77.6 Å². The van der Waals surface area contributed by atoms with E-state index in [0.29, 0.717) is 22.9 Å². The standard InChI is InChI=1S/C27H23FN2O7/c1-16(27(33)29-12-17-5-7-24-25(9-17)37-15-36-24)30-21-10-18(6-8-23(21)35-14-26(30)32)22(31)13-34-20-4-2-3-19(28)11-20/h2-11,16H,12-15H2,1H3,(H,29,33). The summed E-state index contributed by atoms with van der Waals surface area (Å²) >= 11 is 0. The first-order valence-corrected chi connectivity index (χ1v) is 11.6. The van der Waals surface area contributed by atoms with Crippen molar-refractivity contribution in [2.24, 2.45) is 0 Å². The molecule has 1 unspecified atom stereocenters. The van der Waals surface area contributed by atoms with Crippen LogP contribution in [-0.2, 0) is 16.1 Å². The molecule has 2 aliphatic rings. The normalized spacial score (nSPS) is 14.4. The van der Waals surface area contributed by atoms with E-state index < -0.39 is 17.8 Å². The van der Waals surface area contributed by atoms with Gasteiger partial charge in [0.1, 0.15) is 23.4 Å². The number of ketones is 1. The van der Waals surface area contributed by atoms with Crippen LogP contribution in [-0.4, -0.2) is 43.6 Å². The first-order valence-electron chi connectivity index (χ1n) is 11.6. The molecule has 10 heteroatoms. The minimum atomic E-state index is -0.877. The van der Waals surface area contributed by atoms with Crippen molar-refractivity contribution in [1.29, 1.82) is 0 Å². The van der Waals surface area contributed by atoms with Crippen LogP contribution in [0.5, 0.6) is 23.0 Å². The zero-order chi connectivity index (χ0) is 25.9. The van der Waals surface area contributed by atoms with Crippen molar-refractivity contribution in [2.75, 3.05) is 24.9 Å². The molecule has 9 nitrogen and oxygen atoms in total. The van der Waals surface area contributed by atoms with Gasteiger partial charge in [0, 0.05) is 18.2 Å². The van der Waals surface area contributed by atoms with E-state index in [1.807, 2.05) is 6.07 Å². The molecule has 0 spiro atoms. The Balaban J connectivity index is 1.28. The van der Waals surface area contributed by atoms with Crippen LogP contribution in [0.25, 0.3) is 0 Å². The van der Waals surface area contributed by atoms with Gasteiger partial charge in [-0.1, -0.05) is 12.1 Å². The highest BCUT2D eigenvalue weighted by atomic mass is 19.1. The SMILES string of the molecule is CC(C(=O)NCc1ccc2c(c1)OCO2)N1C(=O)COc2ccc(C(=O)COc3cccc(F)c3)cc21. The lowest BCUT2D eigenvalue weighted by Crippen LogP contribution is -2.51. The van der Waals surface area contributed by atoms with Gasteiger partial charge < -0.3 is 24.3 Å². The average Bonchev–Trinajstić information content (AvgIpc) is 3.37. The second kappa shape index (κ2) is 10.2. The van der Waals surface area contributed by atoms with Crippen molar-refractivity contribution >= 4 is 23.3 Å². The number of anilines is 1. The maximum atomic E-state index is 13.4. The Labute approximate surface area is 211 Å². The largest absolute Gasteiger partial charge is 0.485 e. The van der Waals surface area contributed by atoms with Gasteiger partial charge in [0.05, 0.1) is 5.69 Å². The number of nitrogens with one attached hydrogen (secondary N) is 1. The molecule has 2 amide bonds. The third kappa shape index (κ3) is 5.18. The number of hydrogen-bond donors (Lipinski definition) is 1. The van der Waals surface area contributed by atoms with Crippen molar-refractivity contribution in [1.82, 2.24) is 5.32 Å². The summed E-state index contributed by atoms with van der Waals surface area (Å²) in [5.41, 5.74) is 1.37. The number of carbonyl (C=O) groups is 3. The lowest BCUT2D eigenvalue weighted by atomic mass is 10.1. The summed E-state index contributed by atoms with van der Waals surface area (Å²) in [5.74, 6) is 0.183. The van der Waals surface area contributed by atoms with E-state index in [0.717, 1.165) is 5.56 Å². The third-order valence-electron chi connectivity index (χ3n) is 6.00. The van der Waals surface area contributed by atoms with E-state index in [2.05, 4.69) is 5.32 Å². The van der Waals surface area contributed by atoms with Crippen LogP contribution in [0.2, 0.25) is 0 Å². The number of nitrogens with zero attached hydrogens (tertiary/aromatic N) is 1. The highest BCUT2D eigenvalue weighted by Gasteiger charge is 2.33. The number of carbonyl (C=O) groups excluding carboxylic acids is 3. The van der Waals surface area contributed by atoms with Crippen LogP contribution < -0.4 is 29.2 Å². The van der Waals surface area contributed by atoms with Crippen molar-refractivity contribution in [3.8, 4) is 23.0 Å². The Bertz CT molecular complexity index is 1380. The molecule has 1 atom stereocenters. The lowest BCUT2D eigenvalue weighted by molar-refractivity contribution is -0.127. The average molecular weight is 506 g/mol. The van der Waals surface area contributed by atoms with Gasteiger partial charge in [-0.25, -0.2) is 4.39 Å². The van der Waals surface area contributed by atoms with Crippen LogP contribution in [0.15, 0.2) is 60.7 Å². The van der Waals surface area contributed by atoms with Crippen LogP contribution in [0.1, 0.15) is 22.8 Å². The molecule has 0 aromatic heterocycles. The van der Waals surface area contributed by atoms with Gasteiger partial charge in [0.25, 0.3) is 5.91 Å². The maximum absolute atomic E-state index is 13.4. The maximum Gasteiger partial charge on any atom is 0.265 e. The Kier molecular flexibility index (Phi) is 6.63. The fraction of sp³-hybridized carbons (Fsp3) is 0.222. The smallest absolute Gasteiger partial charge is 0.265 e. The summed E-state index contributed by atoms with van der Waals surface area (Å²) in [6, 6.07) is 14.6. The number of halogens is 1. The molecule has 3 aromatic carbocycles. The van der Waals surface area contributed by atoms with Crippen molar-refractivity contribution < 1.29 is 37.7 Å². The van der Waals surface area contributed by atoms with Crippen LogP contribution >= 0.6 is 0 Å². The summed E-state index contributed by atoms with van der Waals surface area (Å²) in [7, 11) is 0. The molecule has 37 heavy (non-hydrogen) atoms. The van der Waals surface area contributed by atoms with E-state index in [-0.39, 0.29) is 49.6 Å². The molecular weight excluding hydrogens is 483 g/mol. The molecule has 190 valence electrons. The molecule has 5 rings (SSSR count). The number of amides is 2.